The second kappa shape index (κ2) is 5.72. The number of rotatable bonds is 5. The molecule has 0 fully saturated rings. The molecule has 1 aromatic carbocycles. The zero-order valence-corrected chi connectivity index (χ0v) is 9.99. The number of aliphatic hydroxyl groups is 1. The molecule has 0 aliphatic heterocycles. The van der Waals surface area contributed by atoms with E-state index in [1.807, 2.05) is 13.0 Å². The topological polar surface area (TPSA) is 64.7 Å². The Balaban J connectivity index is 3.15. The molecule has 0 aliphatic carbocycles. The van der Waals surface area contributed by atoms with Crippen LogP contribution >= 0.6 is 0 Å². The molecule has 4 heteroatoms. The van der Waals surface area contributed by atoms with Crippen molar-refractivity contribution in [3.05, 3.63) is 23.3 Å². The van der Waals surface area contributed by atoms with Gasteiger partial charge in [0.25, 0.3) is 0 Å². The first-order chi connectivity index (χ1) is 7.62. The Hall–Kier alpha value is -1.26. The third kappa shape index (κ3) is 2.87. The minimum atomic E-state index is -0.0714. The van der Waals surface area contributed by atoms with Gasteiger partial charge in [-0.3, -0.25) is 0 Å². The summed E-state index contributed by atoms with van der Waals surface area (Å²) < 4.78 is 10.5. The molecular formula is C12H19NO3. The van der Waals surface area contributed by atoms with Gasteiger partial charge in [0.2, 0.25) is 0 Å². The second-order valence-electron chi connectivity index (χ2n) is 3.82. The Kier molecular flexibility index (Phi) is 4.58. The van der Waals surface area contributed by atoms with Crippen LogP contribution in [0.1, 0.15) is 18.1 Å². The van der Waals surface area contributed by atoms with Gasteiger partial charge in [-0.25, -0.2) is 0 Å². The summed E-state index contributed by atoms with van der Waals surface area (Å²) in [6, 6.07) is 3.71. The Morgan fingerprint density at radius 2 is 1.69 bits per heavy atom. The summed E-state index contributed by atoms with van der Waals surface area (Å²) in [5.41, 5.74) is 7.47. The number of ether oxygens (including phenoxy) is 2. The lowest BCUT2D eigenvalue weighted by Crippen LogP contribution is -2.18. The monoisotopic (exact) mass is 225 g/mol. The number of aliphatic hydroxyl groups excluding tert-OH is 1. The zero-order valence-electron chi connectivity index (χ0n) is 9.99. The first-order valence-electron chi connectivity index (χ1n) is 5.22. The van der Waals surface area contributed by atoms with E-state index in [9.17, 15) is 5.11 Å². The lowest BCUT2D eigenvalue weighted by Gasteiger charge is -2.15. The first kappa shape index (κ1) is 12.8. The van der Waals surface area contributed by atoms with Crippen LogP contribution in [0.3, 0.4) is 0 Å². The molecule has 0 bridgehead atoms. The maximum Gasteiger partial charge on any atom is 0.124 e. The smallest absolute Gasteiger partial charge is 0.124 e. The van der Waals surface area contributed by atoms with Crippen molar-refractivity contribution in [3.63, 3.8) is 0 Å². The summed E-state index contributed by atoms with van der Waals surface area (Å²) in [7, 11) is 3.18. The average molecular weight is 225 g/mol. The van der Waals surface area contributed by atoms with Gasteiger partial charge in [0.05, 0.1) is 20.8 Å². The van der Waals surface area contributed by atoms with E-state index in [-0.39, 0.29) is 12.6 Å². The van der Waals surface area contributed by atoms with Gasteiger partial charge in [0, 0.05) is 11.6 Å². The van der Waals surface area contributed by atoms with Gasteiger partial charge in [-0.2, -0.15) is 0 Å². The Labute approximate surface area is 96.0 Å². The number of benzene rings is 1. The third-order valence-electron chi connectivity index (χ3n) is 2.40. The van der Waals surface area contributed by atoms with Crippen molar-refractivity contribution in [2.45, 2.75) is 26.0 Å². The van der Waals surface area contributed by atoms with Gasteiger partial charge in [0.1, 0.15) is 11.5 Å². The quantitative estimate of drug-likeness (QED) is 0.787. The highest BCUT2D eigenvalue weighted by atomic mass is 16.5. The van der Waals surface area contributed by atoms with Gasteiger partial charge >= 0.3 is 0 Å². The molecular weight excluding hydrogens is 206 g/mol. The number of hydrogen-bond acceptors (Lipinski definition) is 4. The predicted molar refractivity (Wildman–Crippen MR) is 62.8 cm³/mol. The molecule has 1 atom stereocenters. The Bertz CT molecular complexity index is 350. The highest BCUT2D eigenvalue weighted by Gasteiger charge is 2.11. The fourth-order valence-corrected chi connectivity index (χ4v) is 1.65. The standard InChI is InChI=1S/C12H19NO3/c1-8(13)4-9-5-12(16-3)10(7-14)6-11(9)15-2/h5-6,8,14H,4,7,13H2,1-3H3. The van der Waals surface area contributed by atoms with E-state index in [4.69, 9.17) is 15.2 Å². The molecule has 0 heterocycles. The SMILES string of the molecule is COc1cc(CC(C)N)c(OC)cc1CO. The maximum absolute atomic E-state index is 9.18. The fraction of sp³-hybridized carbons (Fsp3) is 0.500. The summed E-state index contributed by atoms with van der Waals surface area (Å²) in [4.78, 5) is 0. The van der Waals surface area contributed by atoms with Crippen molar-refractivity contribution in [2.75, 3.05) is 14.2 Å². The third-order valence-corrected chi connectivity index (χ3v) is 2.40. The van der Waals surface area contributed by atoms with Crippen LogP contribution in [-0.4, -0.2) is 25.4 Å². The van der Waals surface area contributed by atoms with E-state index in [0.29, 0.717) is 17.7 Å². The maximum atomic E-state index is 9.18. The van der Waals surface area contributed by atoms with Gasteiger partial charge in [0.15, 0.2) is 0 Å². The van der Waals surface area contributed by atoms with E-state index in [1.54, 1.807) is 20.3 Å². The molecule has 0 radical (unpaired) electrons. The molecule has 90 valence electrons. The average Bonchev–Trinajstić information content (AvgIpc) is 2.27. The number of methoxy groups -OCH3 is 2. The molecule has 3 N–H and O–H groups in total. The van der Waals surface area contributed by atoms with Crippen LogP contribution in [0.15, 0.2) is 12.1 Å². The van der Waals surface area contributed by atoms with Crippen molar-refractivity contribution in [1.29, 1.82) is 0 Å². The highest BCUT2D eigenvalue weighted by molar-refractivity contribution is 5.46. The molecule has 1 unspecified atom stereocenters. The summed E-state index contributed by atoms with van der Waals surface area (Å²) >= 11 is 0. The molecule has 1 aromatic rings. The van der Waals surface area contributed by atoms with Crippen molar-refractivity contribution < 1.29 is 14.6 Å². The molecule has 0 aliphatic rings. The fourth-order valence-electron chi connectivity index (χ4n) is 1.65. The summed E-state index contributed by atoms with van der Waals surface area (Å²) in [5, 5.41) is 9.18. The van der Waals surface area contributed by atoms with Crippen LogP contribution in [0.5, 0.6) is 11.5 Å². The second-order valence-corrected chi connectivity index (χ2v) is 3.82. The Morgan fingerprint density at radius 3 is 2.12 bits per heavy atom. The van der Waals surface area contributed by atoms with Crippen LogP contribution < -0.4 is 15.2 Å². The van der Waals surface area contributed by atoms with Crippen molar-refractivity contribution in [3.8, 4) is 11.5 Å². The van der Waals surface area contributed by atoms with E-state index in [0.717, 1.165) is 11.3 Å². The van der Waals surface area contributed by atoms with E-state index < -0.39 is 0 Å². The van der Waals surface area contributed by atoms with Crippen LogP contribution in [0.4, 0.5) is 0 Å². The molecule has 1 rings (SSSR count). The van der Waals surface area contributed by atoms with Crippen molar-refractivity contribution >= 4 is 0 Å². The largest absolute Gasteiger partial charge is 0.496 e. The van der Waals surface area contributed by atoms with E-state index in [1.165, 1.54) is 0 Å². The van der Waals surface area contributed by atoms with Gasteiger partial charge < -0.3 is 20.3 Å². The van der Waals surface area contributed by atoms with E-state index in [2.05, 4.69) is 0 Å². The van der Waals surface area contributed by atoms with Crippen LogP contribution in [0, 0.1) is 0 Å². The van der Waals surface area contributed by atoms with Crippen molar-refractivity contribution in [1.82, 2.24) is 0 Å². The number of nitrogens with two attached hydrogens (primary N) is 1. The summed E-state index contributed by atoms with van der Waals surface area (Å²) in [5.74, 6) is 1.40. The number of hydrogen-bond donors (Lipinski definition) is 2. The minimum absolute atomic E-state index is 0.0542. The van der Waals surface area contributed by atoms with Crippen LogP contribution in [0.25, 0.3) is 0 Å². The molecule has 0 saturated heterocycles. The summed E-state index contributed by atoms with van der Waals surface area (Å²) in [6.07, 6.45) is 0.714. The summed E-state index contributed by atoms with van der Waals surface area (Å²) in [6.45, 7) is 1.86. The molecule has 4 nitrogen and oxygen atoms in total. The highest BCUT2D eigenvalue weighted by Crippen LogP contribution is 2.29. The van der Waals surface area contributed by atoms with Gasteiger partial charge in [-0.05, 0) is 31.0 Å². The Morgan fingerprint density at radius 1 is 1.19 bits per heavy atom. The van der Waals surface area contributed by atoms with Gasteiger partial charge in [-0.15, -0.1) is 0 Å². The van der Waals surface area contributed by atoms with Crippen LogP contribution in [-0.2, 0) is 13.0 Å². The van der Waals surface area contributed by atoms with Crippen LogP contribution in [0.2, 0.25) is 0 Å². The molecule has 0 amide bonds. The zero-order chi connectivity index (χ0) is 12.1. The van der Waals surface area contributed by atoms with Gasteiger partial charge in [-0.1, -0.05) is 0 Å². The van der Waals surface area contributed by atoms with Crippen molar-refractivity contribution in [2.24, 2.45) is 5.73 Å². The predicted octanol–water partition coefficient (Wildman–Crippen LogP) is 1.09. The lowest BCUT2D eigenvalue weighted by atomic mass is 10.0. The molecule has 0 aromatic heterocycles. The minimum Gasteiger partial charge on any atom is -0.496 e. The molecule has 0 saturated carbocycles. The first-order valence-corrected chi connectivity index (χ1v) is 5.22. The molecule has 16 heavy (non-hydrogen) atoms. The van der Waals surface area contributed by atoms with E-state index >= 15 is 0 Å². The normalized spacial score (nSPS) is 12.3. The lowest BCUT2D eigenvalue weighted by molar-refractivity contribution is 0.272. The molecule has 0 spiro atoms.